The van der Waals surface area contributed by atoms with Gasteiger partial charge in [-0.1, -0.05) is 6.07 Å². The number of hydrogen-bond donors (Lipinski definition) is 3. The van der Waals surface area contributed by atoms with E-state index in [0.717, 1.165) is 5.56 Å². The first-order valence-corrected chi connectivity index (χ1v) is 8.49. The van der Waals surface area contributed by atoms with Crippen LogP contribution in [0.5, 0.6) is 0 Å². The zero-order chi connectivity index (χ0) is 19.2. The summed E-state index contributed by atoms with van der Waals surface area (Å²) in [6, 6.07) is 8.73. The molecule has 7 nitrogen and oxygen atoms in total. The molecule has 0 spiro atoms. The first kappa shape index (κ1) is 18.7. The number of nitrogens with zero attached hydrogens (tertiary/aromatic N) is 2. The quantitative estimate of drug-likeness (QED) is 0.655. The molecule has 2 heterocycles. The minimum Gasteiger partial charge on any atom is -0.480 e. The third-order valence-electron chi connectivity index (χ3n) is 4.15. The van der Waals surface area contributed by atoms with E-state index in [1.165, 1.54) is 12.1 Å². The van der Waals surface area contributed by atoms with Crippen LogP contribution in [0.25, 0.3) is 0 Å². The number of aliphatic carboxylic acids is 1. The fourth-order valence-electron chi connectivity index (χ4n) is 2.80. The smallest absolute Gasteiger partial charge is 0.321 e. The molecule has 2 aromatic rings. The maximum Gasteiger partial charge on any atom is 0.321 e. The average Bonchev–Trinajstić information content (AvgIpc) is 3.05. The molecule has 1 aliphatic heterocycles. The zero-order valence-corrected chi connectivity index (χ0v) is 14.5. The molecule has 0 bridgehead atoms. The molecular weight excluding hydrogens is 351 g/mol. The Morgan fingerprint density at radius 1 is 1.26 bits per heavy atom. The topological polar surface area (TPSA) is 104 Å². The first-order valence-electron chi connectivity index (χ1n) is 8.49. The van der Waals surface area contributed by atoms with E-state index >= 15 is 0 Å². The summed E-state index contributed by atoms with van der Waals surface area (Å²) in [4.78, 5) is 31.9. The number of pyridine rings is 1. The van der Waals surface area contributed by atoms with Crippen molar-refractivity contribution in [3.05, 3.63) is 59.7 Å². The average molecular weight is 370 g/mol. The summed E-state index contributed by atoms with van der Waals surface area (Å²) in [5.74, 6) is -1.74. The van der Waals surface area contributed by atoms with Crippen molar-refractivity contribution in [2.24, 2.45) is 4.99 Å². The minimum atomic E-state index is -1.07. The highest BCUT2D eigenvalue weighted by atomic mass is 19.1. The number of aliphatic imine (C=N–C) groups is 1. The number of benzene rings is 1. The Morgan fingerprint density at radius 2 is 2.11 bits per heavy atom. The molecule has 3 N–H and O–H groups in total. The maximum atomic E-state index is 13.3. The van der Waals surface area contributed by atoms with Crippen LogP contribution in [0, 0.1) is 5.82 Å². The van der Waals surface area contributed by atoms with Crippen molar-refractivity contribution < 1.29 is 19.1 Å². The largest absolute Gasteiger partial charge is 0.480 e. The number of fused-ring (bicyclic) bond motifs is 1. The van der Waals surface area contributed by atoms with Crippen molar-refractivity contribution in [1.29, 1.82) is 0 Å². The van der Waals surface area contributed by atoms with Gasteiger partial charge in [0.25, 0.3) is 0 Å². The summed E-state index contributed by atoms with van der Waals surface area (Å²) in [6.07, 6.45) is 2.18. The Labute approximate surface area is 155 Å². The molecule has 27 heavy (non-hydrogen) atoms. The van der Waals surface area contributed by atoms with Crippen molar-refractivity contribution >= 4 is 23.3 Å². The number of carboxylic acids is 1. The molecule has 0 saturated carbocycles. The highest BCUT2D eigenvalue weighted by Crippen LogP contribution is 2.28. The highest BCUT2D eigenvalue weighted by molar-refractivity contribution is 5.96. The Morgan fingerprint density at radius 3 is 2.85 bits per heavy atom. The summed E-state index contributed by atoms with van der Waals surface area (Å²) < 4.78 is 13.3. The monoisotopic (exact) mass is 370 g/mol. The Balaban J connectivity index is 1.50. The molecule has 1 aromatic heterocycles. The number of carbonyl (C=O) groups is 2. The predicted octanol–water partition coefficient (Wildman–Crippen LogP) is 1.60. The molecule has 0 aliphatic carbocycles. The van der Waals surface area contributed by atoms with E-state index in [2.05, 4.69) is 20.6 Å². The van der Waals surface area contributed by atoms with E-state index < -0.39 is 12.0 Å². The van der Waals surface area contributed by atoms with E-state index in [0.29, 0.717) is 23.5 Å². The number of rotatable bonds is 8. The second-order valence-corrected chi connectivity index (χ2v) is 6.20. The maximum absolute atomic E-state index is 13.3. The zero-order valence-electron chi connectivity index (χ0n) is 14.5. The molecule has 0 unspecified atom stereocenters. The van der Waals surface area contributed by atoms with Crippen LogP contribution >= 0.6 is 0 Å². The number of carboxylic acid groups (broad SMARTS) is 1. The second kappa shape index (κ2) is 8.50. The van der Waals surface area contributed by atoms with Crippen molar-refractivity contribution in [3.63, 3.8) is 0 Å². The van der Waals surface area contributed by atoms with Gasteiger partial charge in [-0.05, 0) is 35.9 Å². The molecule has 1 aromatic carbocycles. The summed E-state index contributed by atoms with van der Waals surface area (Å²) in [7, 11) is 0. The van der Waals surface area contributed by atoms with Crippen LogP contribution < -0.4 is 10.6 Å². The molecule has 1 amide bonds. The van der Waals surface area contributed by atoms with Crippen molar-refractivity contribution in [1.82, 2.24) is 15.6 Å². The van der Waals surface area contributed by atoms with Crippen LogP contribution in [0.1, 0.15) is 17.7 Å². The van der Waals surface area contributed by atoms with Gasteiger partial charge in [0.1, 0.15) is 11.9 Å². The van der Waals surface area contributed by atoms with Gasteiger partial charge in [-0.15, -0.1) is 0 Å². The highest BCUT2D eigenvalue weighted by Gasteiger charge is 2.24. The van der Waals surface area contributed by atoms with Crippen LogP contribution in [0.2, 0.25) is 0 Å². The number of carbonyl (C=O) groups excluding carboxylic acids is 1. The fourth-order valence-corrected chi connectivity index (χ4v) is 2.80. The summed E-state index contributed by atoms with van der Waals surface area (Å²) in [6.45, 7) is 0.130. The summed E-state index contributed by atoms with van der Waals surface area (Å²) >= 11 is 0. The first-order chi connectivity index (χ1) is 13.0. The lowest BCUT2D eigenvalue weighted by atomic mass is 10.0. The Kier molecular flexibility index (Phi) is 5.87. The Bertz CT molecular complexity index is 871. The van der Waals surface area contributed by atoms with Gasteiger partial charge in [0.2, 0.25) is 5.91 Å². The van der Waals surface area contributed by atoms with E-state index in [-0.39, 0.29) is 31.2 Å². The number of halogens is 1. The third-order valence-corrected chi connectivity index (χ3v) is 4.15. The molecule has 3 rings (SSSR count). The second-order valence-electron chi connectivity index (χ2n) is 6.20. The van der Waals surface area contributed by atoms with Gasteiger partial charge in [0.15, 0.2) is 0 Å². The van der Waals surface area contributed by atoms with Gasteiger partial charge in [-0.25, -0.2) is 4.39 Å². The number of nitrogens with one attached hydrogen (secondary N) is 2. The number of hydrogen-bond acceptors (Lipinski definition) is 5. The lowest BCUT2D eigenvalue weighted by Gasteiger charge is -2.14. The van der Waals surface area contributed by atoms with Gasteiger partial charge < -0.3 is 10.4 Å². The van der Waals surface area contributed by atoms with Gasteiger partial charge in [0.05, 0.1) is 24.5 Å². The van der Waals surface area contributed by atoms with Crippen LogP contribution in [0.4, 0.5) is 10.1 Å². The molecule has 0 saturated heterocycles. The molecule has 1 aliphatic rings. The summed E-state index contributed by atoms with van der Waals surface area (Å²) in [5, 5.41) is 14.8. The molecule has 140 valence electrons. The molecule has 0 fully saturated rings. The van der Waals surface area contributed by atoms with Gasteiger partial charge >= 0.3 is 5.97 Å². The summed E-state index contributed by atoms with van der Waals surface area (Å²) in [5.41, 5.74) is 2.75. The minimum absolute atomic E-state index is 0.138. The lowest BCUT2D eigenvalue weighted by molar-refractivity contribution is -0.139. The van der Waals surface area contributed by atoms with Crippen molar-refractivity contribution in [2.45, 2.75) is 25.4 Å². The SMILES string of the molecule is O=C(CN[C@H](CC1=Nc2ccc(F)cc2C1)C(=O)O)NCc1ccccn1. The van der Waals surface area contributed by atoms with E-state index in [4.69, 9.17) is 0 Å². The van der Waals surface area contributed by atoms with Crippen LogP contribution in [-0.4, -0.2) is 40.3 Å². The van der Waals surface area contributed by atoms with Crippen molar-refractivity contribution in [3.8, 4) is 0 Å². The van der Waals surface area contributed by atoms with E-state index in [9.17, 15) is 19.1 Å². The van der Waals surface area contributed by atoms with Gasteiger partial charge in [-0.2, -0.15) is 0 Å². The predicted molar refractivity (Wildman–Crippen MR) is 97.3 cm³/mol. The Hall–Kier alpha value is -3.13. The van der Waals surface area contributed by atoms with Gasteiger partial charge in [0, 0.05) is 24.8 Å². The number of amides is 1. The third kappa shape index (κ3) is 5.18. The normalized spacial score (nSPS) is 13.6. The standard InChI is InChI=1S/C19H19FN4O3/c20-13-4-5-16-12(7-13)8-15(24-16)9-17(19(26)27)22-11-18(25)23-10-14-3-1-2-6-21-14/h1-7,17,22H,8-11H2,(H,23,25)(H,26,27)/t17-/m1/s1. The molecular formula is C19H19FN4O3. The lowest BCUT2D eigenvalue weighted by Crippen LogP contribution is -2.44. The van der Waals surface area contributed by atoms with Gasteiger partial charge in [-0.3, -0.25) is 24.9 Å². The molecule has 1 atom stereocenters. The fraction of sp³-hybridized carbons (Fsp3) is 0.263. The molecule has 0 radical (unpaired) electrons. The van der Waals surface area contributed by atoms with E-state index in [1.807, 2.05) is 6.07 Å². The molecule has 8 heteroatoms. The van der Waals surface area contributed by atoms with Crippen LogP contribution in [-0.2, 0) is 22.6 Å². The van der Waals surface area contributed by atoms with Crippen LogP contribution in [0.15, 0.2) is 47.6 Å². The van der Waals surface area contributed by atoms with Crippen molar-refractivity contribution in [2.75, 3.05) is 6.54 Å². The number of aromatic nitrogens is 1. The van der Waals surface area contributed by atoms with E-state index in [1.54, 1.807) is 24.4 Å². The van der Waals surface area contributed by atoms with Crippen LogP contribution in [0.3, 0.4) is 0 Å².